The van der Waals surface area contributed by atoms with Crippen molar-refractivity contribution in [3.05, 3.63) is 22.2 Å². The fraction of sp³-hybridized carbons (Fsp3) is 0.455. The van der Waals surface area contributed by atoms with Crippen LogP contribution in [-0.2, 0) is 9.84 Å². The second-order valence-corrected chi connectivity index (χ2v) is 7.59. The van der Waals surface area contributed by atoms with Gasteiger partial charge in [0.1, 0.15) is 0 Å². The van der Waals surface area contributed by atoms with Gasteiger partial charge in [-0.25, -0.2) is 8.42 Å². The van der Waals surface area contributed by atoms with Gasteiger partial charge in [-0.1, -0.05) is 23.2 Å². The maximum absolute atomic E-state index is 11.7. The molecule has 7 heteroatoms. The molecule has 1 unspecified atom stereocenters. The molecule has 18 heavy (non-hydrogen) atoms. The van der Waals surface area contributed by atoms with Crippen LogP contribution in [0, 0.1) is 0 Å². The minimum Gasteiger partial charge on any atom is -0.399 e. The van der Waals surface area contributed by atoms with E-state index in [1.807, 2.05) is 0 Å². The molecule has 0 aliphatic carbocycles. The molecular weight excluding hydrogens is 295 g/mol. The summed E-state index contributed by atoms with van der Waals surface area (Å²) in [7, 11) is -2.96. The summed E-state index contributed by atoms with van der Waals surface area (Å²) >= 11 is 12.0. The van der Waals surface area contributed by atoms with Crippen LogP contribution >= 0.6 is 23.2 Å². The van der Waals surface area contributed by atoms with Gasteiger partial charge in [0.15, 0.2) is 9.84 Å². The van der Waals surface area contributed by atoms with Crippen LogP contribution in [0.25, 0.3) is 0 Å². The summed E-state index contributed by atoms with van der Waals surface area (Å²) in [6.07, 6.45) is 1.40. The lowest BCUT2D eigenvalue weighted by Crippen LogP contribution is -2.25. The average molecular weight is 309 g/mol. The highest BCUT2D eigenvalue weighted by molar-refractivity contribution is 7.92. The first kappa shape index (κ1) is 13.8. The van der Waals surface area contributed by atoms with Gasteiger partial charge in [-0.2, -0.15) is 0 Å². The van der Waals surface area contributed by atoms with E-state index in [1.54, 1.807) is 12.1 Å². The zero-order valence-electron chi connectivity index (χ0n) is 9.62. The van der Waals surface area contributed by atoms with Crippen molar-refractivity contribution >= 4 is 44.4 Å². The first-order chi connectivity index (χ1) is 8.40. The van der Waals surface area contributed by atoms with Gasteiger partial charge in [0, 0.05) is 12.2 Å². The highest BCUT2D eigenvalue weighted by Crippen LogP contribution is 2.33. The van der Waals surface area contributed by atoms with Gasteiger partial charge in [-0.3, -0.25) is 0 Å². The molecule has 1 aromatic carbocycles. The van der Waals surface area contributed by atoms with Gasteiger partial charge in [-0.15, -0.1) is 0 Å². The Labute approximate surface area is 116 Å². The normalized spacial score (nSPS) is 22.0. The molecule has 1 heterocycles. The van der Waals surface area contributed by atoms with Crippen molar-refractivity contribution in [2.24, 2.45) is 0 Å². The summed E-state index contributed by atoms with van der Waals surface area (Å²) in [6, 6.07) is 3.16. The van der Waals surface area contributed by atoms with Crippen LogP contribution in [0.4, 0.5) is 11.4 Å². The molecular formula is C11H14Cl2N2O2S. The van der Waals surface area contributed by atoms with Crippen LogP contribution in [0.5, 0.6) is 0 Å². The number of benzene rings is 1. The van der Waals surface area contributed by atoms with E-state index in [0.717, 1.165) is 6.42 Å². The number of halogens is 2. The Morgan fingerprint density at radius 3 is 2.44 bits per heavy atom. The molecule has 0 radical (unpaired) electrons. The molecule has 0 aromatic heterocycles. The number of hydrogen-bond acceptors (Lipinski definition) is 4. The Balaban J connectivity index is 2.12. The second-order valence-electron chi connectivity index (χ2n) is 4.37. The minimum absolute atomic E-state index is 0.266. The van der Waals surface area contributed by atoms with Gasteiger partial charge >= 0.3 is 0 Å². The van der Waals surface area contributed by atoms with Crippen molar-refractivity contribution in [3.8, 4) is 0 Å². The maximum Gasteiger partial charge on any atom is 0.154 e. The van der Waals surface area contributed by atoms with Crippen LogP contribution in [0.1, 0.15) is 12.8 Å². The molecule has 0 amide bonds. The van der Waals surface area contributed by atoms with Crippen molar-refractivity contribution in [1.82, 2.24) is 0 Å². The predicted octanol–water partition coefficient (Wildman–Crippen LogP) is 2.56. The lowest BCUT2D eigenvalue weighted by molar-refractivity contribution is 0.591. The first-order valence-electron chi connectivity index (χ1n) is 5.60. The molecule has 3 N–H and O–H groups in total. The standard InChI is InChI=1S/C11H14Cl2N2O2S/c12-9-4-7(14)5-10(13)11(9)15-6-8-2-1-3-18(8,16)17/h4-5,8,15H,1-3,6,14H2. The Hall–Kier alpha value is -0.650. The lowest BCUT2D eigenvalue weighted by atomic mass is 10.2. The smallest absolute Gasteiger partial charge is 0.154 e. The quantitative estimate of drug-likeness (QED) is 0.842. The summed E-state index contributed by atoms with van der Waals surface area (Å²) in [5.41, 5.74) is 6.61. The van der Waals surface area contributed by atoms with Gasteiger partial charge in [-0.05, 0) is 25.0 Å². The van der Waals surface area contributed by atoms with E-state index in [9.17, 15) is 8.42 Å². The average Bonchev–Trinajstić information content (AvgIpc) is 2.56. The fourth-order valence-electron chi connectivity index (χ4n) is 2.06. The number of sulfone groups is 1. The van der Waals surface area contributed by atoms with E-state index in [4.69, 9.17) is 28.9 Å². The molecule has 1 fully saturated rings. The van der Waals surface area contributed by atoms with E-state index in [-0.39, 0.29) is 11.0 Å². The largest absolute Gasteiger partial charge is 0.399 e. The van der Waals surface area contributed by atoms with Crippen LogP contribution < -0.4 is 11.1 Å². The number of nitrogen functional groups attached to an aromatic ring is 1. The van der Waals surface area contributed by atoms with Crippen LogP contribution in [0.2, 0.25) is 10.0 Å². The first-order valence-corrected chi connectivity index (χ1v) is 8.07. The highest BCUT2D eigenvalue weighted by atomic mass is 35.5. The van der Waals surface area contributed by atoms with Crippen molar-refractivity contribution in [3.63, 3.8) is 0 Å². The Morgan fingerprint density at radius 2 is 1.94 bits per heavy atom. The molecule has 0 spiro atoms. The van der Waals surface area contributed by atoms with Gasteiger partial charge in [0.05, 0.1) is 26.7 Å². The molecule has 1 aromatic rings. The second kappa shape index (κ2) is 5.15. The highest BCUT2D eigenvalue weighted by Gasteiger charge is 2.31. The number of hydrogen-bond donors (Lipinski definition) is 2. The van der Waals surface area contributed by atoms with Crippen LogP contribution in [-0.4, -0.2) is 26.0 Å². The van der Waals surface area contributed by atoms with Crippen molar-refractivity contribution in [2.45, 2.75) is 18.1 Å². The van der Waals surface area contributed by atoms with E-state index < -0.39 is 9.84 Å². The summed E-state index contributed by atoms with van der Waals surface area (Å²) in [6.45, 7) is 0.325. The molecule has 100 valence electrons. The molecule has 1 aliphatic rings. The van der Waals surface area contributed by atoms with Crippen molar-refractivity contribution in [1.29, 1.82) is 0 Å². The van der Waals surface area contributed by atoms with Crippen LogP contribution in [0.3, 0.4) is 0 Å². The van der Waals surface area contributed by atoms with E-state index in [1.165, 1.54) is 0 Å². The number of rotatable bonds is 3. The van der Waals surface area contributed by atoms with Gasteiger partial charge < -0.3 is 11.1 Å². The van der Waals surface area contributed by atoms with E-state index in [0.29, 0.717) is 34.4 Å². The monoisotopic (exact) mass is 308 g/mol. The van der Waals surface area contributed by atoms with E-state index >= 15 is 0 Å². The minimum atomic E-state index is -2.96. The van der Waals surface area contributed by atoms with Crippen molar-refractivity contribution < 1.29 is 8.42 Å². The molecule has 0 saturated carbocycles. The third-order valence-corrected chi connectivity index (χ3v) is 5.91. The van der Waals surface area contributed by atoms with Crippen LogP contribution in [0.15, 0.2) is 12.1 Å². The summed E-state index contributed by atoms with van der Waals surface area (Å²) < 4.78 is 23.4. The number of nitrogens with one attached hydrogen (secondary N) is 1. The maximum atomic E-state index is 11.7. The summed E-state index contributed by atoms with van der Waals surface area (Å²) in [4.78, 5) is 0. The Bertz CT molecular complexity index is 537. The SMILES string of the molecule is Nc1cc(Cl)c(NCC2CCCS2(=O)=O)c(Cl)c1. The molecule has 1 atom stereocenters. The molecule has 4 nitrogen and oxygen atoms in total. The molecule has 2 rings (SSSR count). The van der Waals surface area contributed by atoms with Gasteiger partial charge in [0.25, 0.3) is 0 Å². The fourth-order valence-corrected chi connectivity index (χ4v) is 4.47. The molecule has 1 saturated heterocycles. The topological polar surface area (TPSA) is 72.2 Å². The number of nitrogens with two attached hydrogens (primary N) is 1. The third kappa shape index (κ3) is 2.84. The predicted molar refractivity (Wildman–Crippen MR) is 76.2 cm³/mol. The molecule has 0 bridgehead atoms. The Kier molecular flexibility index (Phi) is 3.94. The van der Waals surface area contributed by atoms with E-state index in [2.05, 4.69) is 5.32 Å². The van der Waals surface area contributed by atoms with Crippen molar-refractivity contribution in [2.75, 3.05) is 23.3 Å². The van der Waals surface area contributed by atoms with Gasteiger partial charge in [0.2, 0.25) is 0 Å². The summed E-state index contributed by atoms with van der Waals surface area (Å²) in [5.74, 6) is 0.266. The third-order valence-electron chi connectivity index (χ3n) is 3.03. The lowest BCUT2D eigenvalue weighted by Gasteiger charge is -2.14. The summed E-state index contributed by atoms with van der Waals surface area (Å²) in [5, 5.41) is 3.45. The Morgan fingerprint density at radius 1 is 1.33 bits per heavy atom. The number of anilines is 2. The zero-order valence-corrected chi connectivity index (χ0v) is 11.9. The zero-order chi connectivity index (χ0) is 13.3. The molecule has 1 aliphatic heterocycles.